The number of nitrogens with two attached hydrogens (primary N) is 1. The molecule has 0 spiro atoms. The lowest BCUT2D eigenvalue weighted by Gasteiger charge is -2.12. The van der Waals surface area contributed by atoms with Gasteiger partial charge >= 0.3 is 0 Å². The Morgan fingerprint density at radius 1 is 0.885 bits per heavy atom. The highest BCUT2D eigenvalue weighted by atomic mass is 16.5. The highest BCUT2D eigenvalue weighted by Crippen LogP contribution is 2.24. The van der Waals surface area contributed by atoms with Crippen LogP contribution in [-0.2, 0) is 24.4 Å². The van der Waals surface area contributed by atoms with Crippen LogP contribution in [0.25, 0.3) is 11.1 Å². The molecular formula is C23H23NO2. The summed E-state index contributed by atoms with van der Waals surface area (Å²) in [5, 5.41) is 0. The molecule has 0 saturated heterocycles. The lowest BCUT2D eigenvalue weighted by Crippen LogP contribution is -2.02. The second kappa shape index (κ2) is 8.45. The molecular weight excluding hydrogens is 322 g/mol. The number of carbonyl (C=O) groups is 1. The third-order valence-corrected chi connectivity index (χ3v) is 4.23. The van der Waals surface area contributed by atoms with Crippen molar-refractivity contribution >= 4 is 5.78 Å². The van der Waals surface area contributed by atoms with Gasteiger partial charge in [-0.25, -0.2) is 0 Å². The first-order valence-corrected chi connectivity index (χ1v) is 8.74. The van der Waals surface area contributed by atoms with Crippen molar-refractivity contribution < 1.29 is 9.53 Å². The van der Waals surface area contributed by atoms with Gasteiger partial charge < -0.3 is 10.5 Å². The second-order valence-corrected chi connectivity index (χ2v) is 6.38. The fourth-order valence-corrected chi connectivity index (χ4v) is 2.94. The summed E-state index contributed by atoms with van der Waals surface area (Å²) in [6.45, 7) is 2.58. The number of ether oxygens (including phenoxy) is 1. The first-order chi connectivity index (χ1) is 12.7. The number of benzene rings is 3. The molecule has 0 bridgehead atoms. The predicted octanol–water partition coefficient (Wildman–Crippen LogP) is 4.52. The minimum absolute atomic E-state index is 0.128. The lowest BCUT2D eigenvalue weighted by molar-refractivity contribution is -0.116. The molecule has 0 aliphatic heterocycles. The number of para-hydroxylation sites is 1. The molecule has 26 heavy (non-hydrogen) atoms. The van der Waals surface area contributed by atoms with Crippen molar-refractivity contribution in [1.82, 2.24) is 0 Å². The van der Waals surface area contributed by atoms with Gasteiger partial charge in [-0.1, -0.05) is 54.6 Å². The number of rotatable bonds is 7. The SMILES string of the molecule is CC(=O)Cc1ccccc1OCc1cccc(-c2cccc(CN)c2)c1. The molecule has 0 atom stereocenters. The van der Waals surface area contributed by atoms with Crippen LogP contribution in [0.3, 0.4) is 0 Å². The summed E-state index contributed by atoms with van der Waals surface area (Å²) in [6.07, 6.45) is 0.391. The van der Waals surface area contributed by atoms with E-state index in [2.05, 4.69) is 24.3 Å². The molecule has 0 aromatic heterocycles. The van der Waals surface area contributed by atoms with Gasteiger partial charge in [-0.3, -0.25) is 4.79 Å². The Morgan fingerprint density at radius 3 is 2.23 bits per heavy atom. The number of ketones is 1. The fraction of sp³-hybridized carbons (Fsp3) is 0.174. The molecule has 132 valence electrons. The van der Waals surface area contributed by atoms with Gasteiger partial charge in [0.1, 0.15) is 18.1 Å². The van der Waals surface area contributed by atoms with Gasteiger partial charge in [-0.15, -0.1) is 0 Å². The van der Waals surface area contributed by atoms with Crippen LogP contribution in [0.15, 0.2) is 72.8 Å². The Hall–Kier alpha value is -2.91. The standard InChI is InChI=1S/C23H23NO2/c1-17(25)12-22-8-2-3-11-23(22)26-16-19-7-5-10-21(14-19)20-9-4-6-18(13-20)15-24/h2-11,13-14H,12,15-16,24H2,1H3. The Kier molecular flexibility index (Phi) is 5.82. The summed E-state index contributed by atoms with van der Waals surface area (Å²) >= 11 is 0. The van der Waals surface area contributed by atoms with Gasteiger partial charge in [0.25, 0.3) is 0 Å². The number of carbonyl (C=O) groups excluding carboxylic acids is 1. The van der Waals surface area contributed by atoms with E-state index in [0.29, 0.717) is 19.6 Å². The average Bonchev–Trinajstić information content (AvgIpc) is 2.67. The van der Waals surface area contributed by atoms with E-state index in [1.165, 1.54) is 0 Å². The van der Waals surface area contributed by atoms with Crippen LogP contribution in [0.2, 0.25) is 0 Å². The average molecular weight is 345 g/mol. The van der Waals surface area contributed by atoms with Crippen molar-refractivity contribution in [3.05, 3.63) is 89.5 Å². The Morgan fingerprint density at radius 2 is 1.54 bits per heavy atom. The second-order valence-electron chi connectivity index (χ2n) is 6.38. The van der Waals surface area contributed by atoms with Crippen LogP contribution in [0, 0.1) is 0 Å². The van der Waals surface area contributed by atoms with E-state index in [4.69, 9.17) is 10.5 Å². The van der Waals surface area contributed by atoms with Crippen molar-refractivity contribution in [2.75, 3.05) is 0 Å². The van der Waals surface area contributed by atoms with Crippen LogP contribution < -0.4 is 10.5 Å². The Bertz CT molecular complexity index is 902. The fourth-order valence-electron chi connectivity index (χ4n) is 2.94. The first-order valence-electron chi connectivity index (χ1n) is 8.74. The van der Waals surface area contributed by atoms with Gasteiger partial charge in [0.15, 0.2) is 0 Å². The molecule has 0 saturated carbocycles. The number of hydrogen-bond donors (Lipinski definition) is 1. The Labute approximate surface area is 154 Å². The number of Topliss-reactive ketones (excluding diaryl/α,β-unsaturated/α-hetero) is 1. The van der Waals surface area contributed by atoms with E-state index < -0.39 is 0 Å². The molecule has 0 heterocycles. The molecule has 0 fully saturated rings. The molecule has 0 unspecified atom stereocenters. The van der Waals surface area contributed by atoms with Crippen LogP contribution in [0.4, 0.5) is 0 Å². The summed E-state index contributed by atoms with van der Waals surface area (Å²) in [5.74, 6) is 0.890. The minimum atomic E-state index is 0.128. The summed E-state index contributed by atoms with van der Waals surface area (Å²) in [7, 11) is 0. The lowest BCUT2D eigenvalue weighted by atomic mass is 10.0. The molecule has 3 heteroatoms. The van der Waals surface area contributed by atoms with E-state index in [1.54, 1.807) is 6.92 Å². The van der Waals surface area contributed by atoms with Crippen LogP contribution in [-0.4, -0.2) is 5.78 Å². The zero-order valence-corrected chi connectivity index (χ0v) is 14.9. The molecule has 3 aromatic carbocycles. The molecule has 0 aliphatic rings. The van der Waals surface area contributed by atoms with Gasteiger partial charge in [0.05, 0.1) is 0 Å². The normalized spacial score (nSPS) is 10.5. The minimum Gasteiger partial charge on any atom is -0.489 e. The summed E-state index contributed by atoms with van der Waals surface area (Å²) in [6, 6.07) is 24.2. The van der Waals surface area contributed by atoms with E-state index >= 15 is 0 Å². The third kappa shape index (κ3) is 4.58. The summed E-state index contributed by atoms with van der Waals surface area (Å²) in [4.78, 5) is 11.4. The molecule has 3 aromatic rings. The topological polar surface area (TPSA) is 52.3 Å². The molecule has 0 radical (unpaired) electrons. The van der Waals surface area contributed by atoms with Crippen LogP contribution >= 0.6 is 0 Å². The molecule has 0 aliphatic carbocycles. The van der Waals surface area contributed by atoms with Gasteiger partial charge in [-0.05, 0) is 47.4 Å². The zero-order valence-electron chi connectivity index (χ0n) is 14.9. The molecule has 3 rings (SSSR count). The largest absolute Gasteiger partial charge is 0.489 e. The molecule has 0 amide bonds. The van der Waals surface area contributed by atoms with Crippen LogP contribution in [0.5, 0.6) is 5.75 Å². The van der Waals surface area contributed by atoms with Gasteiger partial charge in [-0.2, -0.15) is 0 Å². The van der Waals surface area contributed by atoms with Crippen molar-refractivity contribution in [2.45, 2.75) is 26.5 Å². The van der Waals surface area contributed by atoms with Gasteiger partial charge in [0, 0.05) is 18.5 Å². The molecule has 3 nitrogen and oxygen atoms in total. The van der Waals surface area contributed by atoms with E-state index in [-0.39, 0.29) is 5.78 Å². The number of hydrogen-bond acceptors (Lipinski definition) is 3. The van der Waals surface area contributed by atoms with Gasteiger partial charge in [0.2, 0.25) is 0 Å². The first kappa shape index (κ1) is 17.9. The van der Waals surface area contributed by atoms with E-state index in [1.807, 2.05) is 48.5 Å². The maximum absolute atomic E-state index is 11.4. The van der Waals surface area contributed by atoms with Crippen molar-refractivity contribution in [3.8, 4) is 16.9 Å². The third-order valence-electron chi connectivity index (χ3n) is 4.23. The summed E-state index contributed by atoms with van der Waals surface area (Å²) in [5.41, 5.74) is 11.1. The van der Waals surface area contributed by atoms with E-state index in [9.17, 15) is 4.79 Å². The maximum atomic E-state index is 11.4. The maximum Gasteiger partial charge on any atom is 0.134 e. The molecule has 2 N–H and O–H groups in total. The van der Waals surface area contributed by atoms with E-state index in [0.717, 1.165) is 33.6 Å². The highest BCUT2D eigenvalue weighted by molar-refractivity contribution is 5.78. The van der Waals surface area contributed by atoms with Crippen molar-refractivity contribution in [1.29, 1.82) is 0 Å². The highest BCUT2D eigenvalue weighted by Gasteiger charge is 2.07. The Balaban J connectivity index is 1.77. The predicted molar refractivity (Wildman–Crippen MR) is 105 cm³/mol. The zero-order chi connectivity index (χ0) is 18.4. The van der Waals surface area contributed by atoms with Crippen molar-refractivity contribution in [3.63, 3.8) is 0 Å². The van der Waals surface area contributed by atoms with Crippen molar-refractivity contribution in [2.24, 2.45) is 5.73 Å². The summed E-state index contributed by atoms with van der Waals surface area (Å²) < 4.78 is 5.99. The van der Waals surface area contributed by atoms with Crippen LogP contribution in [0.1, 0.15) is 23.6 Å². The quantitative estimate of drug-likeness (QED) is 0.685. The monoisotopic (exact) mass is 345 g/mol. The smallest absolute Gasteiger partial charge is 0.134 e.